The van der Waals surface area contributed by atoms with Crippen molar-refractivity contribution in [1.29, 1.82) is 0 Å². The molecule has 1 heterocycles. The van der Waals surface area contributed by atoms with Gasteiger partial charge in [-0.05, 0) is 42.4 Å². The fourth-order valence-electron chi connectivity index (χ4n) is 2.53. The van der Waals surface area contributed by atoms with E-state index in [9.17, 15) is 8.42 Å². The Hall–Kier alpha value is -0.910. The van der Waals surface area contributed by atoms with E-state index in [1.54, 1.807) is 16.4 Å². The Morgan fingerprint density at radius 1 is 1.15 bits per heavy atom. The molecule has 2 rings (SSSR count). The van der Waals surface area contributed by atoms with Crippen LogP contribution >= 0.6 is 0 Å². The molecule has 0 bridgehead atoms. The Morgan fingerprint density at radius 3 is 2.20 bits per heavy atom. The molecule has 2 atom stereocenters. The molecule has 1 aromatic carbocycles. The van der Waals surface area contributed by atoms with Crippen LogP contribution in [0, 0.1) is 11.8 Å². The van der Waals surface area contributed by atoms with Crippen molar-refractivity contribution in [2.75, 3.05) is 19.7 Å². The van der Waals surface area contributed by atoms with Crippen LogP contribution in [-0.2, 0) is 16.4 Å². The van der Waals surface area contributed by atoms with Gasteiger partial charge in [0.25, 0.3) is 0 Å². The third-order valence-corrected chi connectivity index (χ3v) is 5.99. The fraction of sp³-hybridized carbons (Fsp3) is 0.600. The molecule has 0 amide bonds. The van der Waals surface area contributed by atoms with Gasteiger partial charge in [-0.15, -0.1) is 0 Å². The highest BCUT2D eigenvalue weighted by Gasteiger charge is 2.34. The van der Waals surface area contributed by atoms with Crippen LogP contribution < -0.4 is 0 Å². The topological polar surface area (TPSA) is 57.6 Å². The van der Waals surface area contributed by atoms with Crippen molar-refractivity contribution >= 4 is 10.0 Å². The zero-order valence-corrected chi connectivity index (χ0v) is 12.9. The smallest absolute Gasteiger partial charge is 0.243 e. The molecule has 1 fully saturated rings. The van der Waals surface area contributed by atoms with E-state index >= 15 is 0 Å². The highest BCUT2D eigenvalue weighted by Crippen LogP contribution is 2.28. The Bertz CT molecular complexity index is 529. The van der Waals surface area contributed by atoms with E-state index in [0.717, 1.165) is 12.0 Å². The number of aliphatic hydroxyl groups excluding tert-OH is 1. The number of aliphatic hydroxyl groups is 1. The van der Waals surface area contributed by atoms with Gasteiger partial charge in [-0.2, -0.15) is 4.31 Å². The highest BCUT2D eigenvalue weighted by molar-refractivity contribution is 7.89. The molecule has 0 saturated carbocycles. The highest BCUT2D eigenvalue weighted by atomic mass is 32.2. The van der Waals surface area contributed by atoms with Gasteiger partial charge in [0.2, 0.25) is 10.0 Å². The molecule has 5 heteroatoms. The van der Waals surface area contributed by atoms with Crippen molar-refractivity contribution in [3.8, 4) is 0 Å². The number of sulfonamides is 1. The predicted molar refractivity (Wildman–Crippen MR) is 78.9 cm³/mol. The van der Waals surface area contributed by atoms with E-state index in [4.69, 9.17) is 5.11 Å². The lowest BCUT2D eigenvalue weighted by atomic mass is 10.0. The largest absolute Gasteiger partial charge is 0.396 e. The quantitative estimate of drug-likeness (QED) is 0.903. The summed E-state index contributed by atoms with van der Waals surface area (Å²) in [7, 11) is -3.36. The lowest BCUT2D eigenvalue weighted by Crippen LogP contribution is -2.29. The van der Waals surface area contributed by atoms with Gasteiger partial charge < -0.3 is 5.11 Å². The van der Waals surface area contributed by atoms with Gasteiger partial charge in [0, 0.05) is 19.7 Å². The lowest BCUT2D eigenvalue weighted by molar-refractivity contribution is 0.288. The predicted octanol–water partition coefficient (Wildman–Crippen LogP) is 1.89. The maximum atomic E-state index is 12.5. The number of rotatable bonds is 5. The minimum atomic E-state index is -3.36. The van der Waals surface area contributed by atoms with Gasteiger partial charge in [-0.1, -0.05) is 26.0 Å². The number of aryl methyl sites for hydroxylation is 1. The van der Waals surface area contributed by atoms with Crippen LogP contribution in [0.1, 0.15) is 25.8 Å². The summed E-state index contributed by atoms with van der Waals surface area (Å²) in [6, 6.07) is 7.03. The second kappa shape index (κ2) is 6.24. The van der Waals surface area contributed by atoms with Crippen LogP contribution in [0.5, 0.6) is 0 Å². The zero-order valence-electron chi connectivity index (χ0n) is 12.1. The fourth-order valence-corrected chi connectivity index (χ4v) is 4.17. The maximum absolute atomic E-state index is 12.5. The summed E-state index contributed by atoms with van der Waals surface area (Å²) in [4.78, 5) is 0.367. The summed E-state index contributed by atoms with van der Waals surface area (Å²) >= 11 is 0. The monoisotopic (exact) mass is 297 g/mol. The molecule has 1 saturated heterocycles. The number of hydrogen-bond acceptors (Lipinski definition) is 3. The molecule has 1 aromatic rings. The Balaban J connectivity index is 2.14. The van der Waals surface area contributed by atoms with E-state index < -0.39 is 10.0 Å². The van der Waals surface area contributed by atoms with Crippen LogP contribution in [0.4, 0.5) is 0 Å². The molecule has 20 heavy (non-hydrogen) atoms. The molecule has 2 unspecified atom stereocenters. The molecule has 1 aliphatic rings. The first-order chi connectivity index (χ1) is 9.45. The van der Waals surface area contributed by atoms with Gasteiger partial charge in [0.1, 0.15) is 0 Å². The summed E-state index contributed by atoms with van der Waals surface area (Å²) in [5.74, 6) is 0.821. The van der Waals surface area contributed by atoms with Gasteiger partial charge in [-0.3, -0.25) is 0 Å². The molecule has 0 spiro atoms. The molecule has 4 nitrogen and oxygen atoms in total. The van der Waals surface area contributed by atoms with Crippen molar-refractivity contribution < 1.29 is 13.5 Å². The van der Waals surface area contributed by atoms with Crippen molar-refractivity contribution in [2.45, 2.75) is 31.6 Å². The second-order valence-corrected chi connectivity index (χ2v) is 7.69. The van der Waals surface area contributed by atoms with Gasteiger partial charge in [0.15, 0.2) is 0 Å². The Morgan fingerprint density at radius 2 is 1.70 bits per heavy atom. The first-order valence-electron chi connectivity index (χ1n) is 7.15. The number of nitrogens with zero attached hydrogens (tertiary/aromatic N) is 1. The van der Waals surface area contributed by atoms with Gasteiger partial charge in [0.05, 0.1) is 4.90 Å². The Kier molecular flexibility index (Phi) is 4.83. The van der Waals surface area contributed by atoms with Crippen LogP contribution in [0.2, 0.25) is 0 Å². The average molecular weight is 297 g/mol. The molecule has 0 aromatic heterocycles. The molecule has 0 radical (unpaired) electrons. The van der Waals surface area contributed by atoms with Gasteiger partial charge >= 0.3 is 0 Å². The minimum Gasteiger partial charge on any atom is -0.396 e. The van der Waals surface area contributed by atoms with E-state index in [1.165, 1.54) is 0 Å². The number of benzene rings is 1. The third kappa shape index (κ3) is 3.22. The van der Waals surface area contributed by atoms with Crippen LogP contribution in [-0.4, -0.2) is 37.5 Å². The summed E-state index contributed by atoms with van der Waals surface area (Å²) < 4.78 is 26.7. The van der Waals surface area contributed by atoms with Crippen molar-refractivity contribution in [2.24, 2.45) is 11.8 Å². The third-order valence-electron chi connectivity index (χ3n) is 4.14. The first-order valence-corrected chi connectivity index (χ1v) is 8.59. The summed E-state index contributed by atoms with van der Waals surface area (Å²) in [6.07, 6.45) is 1.47. The van der Waals surface area contributed by atoms with Crippen molar-refractivity contribution in [1.82, 2.24) is 4.31 Å². The van der Waals surface area contributed by atoms with Crippen LogP contribution in [0.3, 0.4) is 0 Å². The lowest BCUT2D eigenvalue weighted by Gasteiger charge is -2.16. The molecule has 1 aliphatic heterocycles. The molecular formula is C15H23NO3S. The van der Waals surface area contributed by atoms with Crippen molar-refractivity contribution in [3.05, 3.63) is 29.8 Å². The maximum Gasteiger partial charge on any atom is 0.243 e. The standard InChI is InChI=1S/C15H23NO3S/c1-12-10-16(11-13(12)2)20(18,19)15-7-5-14(6-8-15)4-3-9-17/h5-8,12-13,17H,3-4,9-11H2,1-2H3. The van der Waals surface area contributed by atoms with E-state index in [2.05, 4.69) is 13.8 Å². The number of hydrogen-bond donors (Lipinski definition) is 1. The second-order valence-electron chi connectivity index (χ2n) is 5.75. The molecule has 112 valence electrons. The zero-order chi connectivity index (χ0) is 14.8. The molecule has 0 aliphatic carbocycles. The summed E-state index contributed by atoms with van der Waals surface area (Å²) in [6.45, 7) is 5.56. The van der Waals surface area contributed by atoms with Crippen LogP contribution in [0.25, 0.3) is 0 Å². The van der Waals surface area contributed by atoms with E-state index in [0.29, 0.717) is 36.2 Å². The first kappa shape index (κ1) is 15.5. The Labute approximate surface area is 121 Å². The van der Waals surface area contributed by atoms with E-state index in [-0.39, 0.29) is 6.61 Å². The normalized spacial score (nSPS) is 24.1. The summed E-state index contributed by atoms with van der Waals surface area (Å²) in [5, 5.41) is 8.80. The average Bonchev–Trinajstić information content (AvgIpc) is 2.77. The van der Waals surface area contributed by atoms with Crippen LogP contribution in [0.15, 0.2) is 29.2 Å². The van der Waals surface area contributed by atoms with Gasteiger partial charge in [-0.25, -0.2) is 8.42 Å². The molecule has 1 N–H and O–H groups in total. The van der Waals surface area contributed by atoms with E-state index in [1.807, 2.05) is 12.1 Å². The SMILES string of the molecule is CC1CN(S(=O)(=O)c2ccc(CCCO)cc2)CC1C. The minimum absolute atomic E-state index is 0.156. The van der Waals surface area contributed by atoms with Crippen molar-refractivity contribution in [3.63, 3.8) is 0 Å². The molecular weight excluding hydrogens is 274 g/mol. The summed E-state index contributed by atoms with van der Waals surface area (Å²) in [5.41, 5.74) is 1.06.